The van der Waals surface area contributed by atoms with Crippen LogP contribution in [0.5, 0.6) is 11.5 Å². The SMILES string of the molecule is CNCCOc1ccc(-c2cc(N3CCC(CO)C3)c3cc(F)c(OC)cc3n2)nc1. The summed E-state index contributed by atoms with van der Waals surface area (Å²) < 4.78 is 25.3. The van der Waals surface area contributed by atoms with Crippen molar-refractivity contribution in [3.8, 4) is 22.9 Å². The van der Waals surface area contributed by atoms with Crippen LogP contribution in [-0.2, 0) is 0 Å². The molecule has 2 aromatic heterocycles. The Kier molecular flexibility index (Phi) is 6.48. The number of fused-ring (bicyclic) bond motifs is 1. The lowest BCUT2D eigenvalue weighted by atomic mass is 10.1. The second kappa shape index (κ2) is 9.45. The number of nitrogens with one attached hydrogen (secondary N) is 1. The quantitative estimate of drug-likeness (QED) is 0.536. The van der Waals surface area contributed by atoms with E-state index in [9.17, 15) is 9.50 Å². The summed E-state index contributed by atoms with van der Waals surface area (Å²) in [6, 6.07) is 8.77. The number of likely N-dealkylation sites (N-methyl/N-ethyl adjacent to an activating group) is 1. The summed E-state index contributed by atoms with van der Waals surface area (Å²) >= 11 is 0. The number of benzene rings is 1. The van der Waals surface area contributed by atoms with E-state index in [1.165, 1.54) is 13.2 Å². The summed E-state index contributed by atoms with van der Waals surface area (Å²) in [6.45, 7) is 2.96. The molecule has 2 N–H and O–H groups in total. The second-order valence-corrected chi connectivity index (χ2v) is 7.64. The third kappa shape index (κ3) is 4.55. The number of anilines is 1. The Balaban J connectivity index is 1.74. The van der Waals surface area contributed by atoms with E-state index in [-0.39, 0.29) is 18.3 Å². The molecule has 1 fully saturated rings. The second-order valence-electron chi connectivity index (χ2n) is 7.64. The van der Waals surface area contributed by atoms with E-state index in [0.717, 1.165) is 25.2 Å². The van der Waals surface area contributed by atoms with Gasteiger partial charge < -0.3 is 24.8 Å². The molecule has 1 saturated heterocycles. The summed E-state index contributed by atoms with van der Waals surface area (Å²) in [5.74, 6) is 0.625. The van der Waals surface area contributed by atoms with E-state index in [0.29, 0.717) is 41.2 Å². The molecular weight excluding hydrogens is 399 g/mol. The van der Waals surface area contributed by atoms with Gasteiger partial charge >= 0.3 is 0 Å². The van der Waals surface area contributed by atoms with Crippen LogP contribution in [-0.4, -0.2) is 62.1 Å². The summed E-state index contributed by atoms with van der Waals surface area (Å²) in [4.78, 5) is 11.4. The molecule has 0 radical (unpaired) electrons. The molecule has 1 atom stereocenters. The van der Waals surface area contributed by atoms with Crippen molar-refractivity contribution < 1.29 is 19.0 Å². The molecule has 0 amide bonds. The maximum Gasteiger partial charge on any atom is 0.165 e. The van der Waals surface area contributed by atoms with E-state index in [2.05, 4.69) is 15.2 Å². The van der Waals surface area contributed by atoms with Gasteiger partial charge in [0.15, 0.2) is 11.6 Å². The number of nitrogens with zero attached hydrogens (tertiary/aromatic N) is 3. The van der Waals surface area contributed by atoms with E-state index < -0.39 is 5.82 Å². The van der Waals surface area contributed by atoms with Gasteiger partial charge in [-0.1, -0.05) is 0 Å². The van der Waals surface area contributed by atoms with Crippen LogP contribution < -0.4 is 19.7 Å². The molecule has 1 aliphatic rings. The molecule has 1 aromatic carbocycles. The maximum atomic E-state index is 14.5. The standard InChI is InChI=1S/C23H27FN4O3/c1-25-6-8-31-16-3-4-19(26-12-16)21-10-22(28-7-5-15(13-28)14-29)17-9-18(24)23(30-2)11-20(17)27-21/h3-4,9-12,15,25,29H,5-8,13-14H2,1-2H3. The van der Waals surface area contributed by atoms with E-state index in [1.54, 1.807) is 12.3 Å². The number of rotatable bonds is 8. The Morgan fingerprint density at radius 2 is 2.13 bits per heavy atom. The highest BCUT2D eigenvalue weighted by Crippen LogP contribution is 2.36. The molecule has 1 unspecified atom stereocenters. The third-order valence-electron chi connectivity index (χ3n) is 5.56. The van der Waals surface area contributed by atoms with Crippen LogP contribution in [0.1, 0.15) is 6.42 Å². The van der Waals surface area contributed by atoms with Gasteiger partial charge in [-0.2, -0.15) is 0 Å². The highest BCUT2D eigenvalue weighted by atomic mass is 19.1. The number of aliphatic hydroxyl groups excluding tert-OH is 1. The van der Waals surface area contributed by atoms with Gasteiger partial charge in [-0.25, -0.2) is 9.37 Å². The van der Waals surface area contributed by atoms with Crippen molar-refractivity contribution in [3.63, 3.8) is 0 Å². The van der Waals surface area contributed by atoms with Gasteiger partial charge in [0.1, 0.15) is 12.4 Å². The zero-order valence-corrected chi connectivity index (χ0v) is 17.8. The molecule has 7 nitrogen and oxygen atoms in total. The van der Waals surface area contributed by atoms with Gasteiger partial charge in [-0.3, -0.25) is 4.98 Å². The summed E-state index contributed by atoms with van der Waals surface area (Å²) in [6.07, 6.45) is 2.57. The molecule has 31 heavy (non-hydrogen) atoms. The number of halogens is 1. The molecule has 8 heteroatoms. The number of ether oxygens (including phenoxy) is 2. The predicted octanol–water partition coefficient (Wildman–Crippen LogP) is 2.86. The zero-order valence-electron chi connectivity index (χ0n) is 17.8. The smallest absolute Gasteiger partial charge is 0.165 e. The van der Waals surface area contributed by atoms with Crippen molar-refractivity contribution in [2.45, 2.75) is 6.42 Å². The maximum absolute atomic E-state index is 14.5. The lowest BCUT2D eigenvalue weighted by Gasteiger charge is -2.22. The first kappa shape index (κ1) is 21.3. The minimum absolute atomic E-state index is 0.144. The average molecular weight is 426 g/mol. The first-order chi connectivity index (χ1) is 15.1. The zero-order chi connectivity index (χ0) is 21.8. The summed E-state index contributed by atoms with van der Waals surface area (Å²) in [7, 11) is 3.31. The first-order valence-electron chi connectivity index (χ1n) is 10.4. The van der Waals surface area contributed by atoms with E-state index >= 15 is 0 Å². The van der Waals surface area contributed by atoms with Gasteiger partial charge in [-0.05, 0) is 37.7 Å². The van der Waals surface area contributed by atoms with Crippen LogP contribution >= 0.6 is 0 Å². The molecule has 0 spiro atoms. The highest BCUT2D eigenvalue weighted by Gasteiger charge is 2.25. The van der Waals surface area contributed by atoms with Gasteiger partial charge in [-0.15, -0.1) is 0 Å². The number of methoxy groups -OCH3 is 1. The molecule has 0 bridgehead atoms. The molecule has 0 saturated carbocycles. The Morgan fingerprint density at radius 3 is 2.81 bits per heavy atom. The van der Waals surface area contributed by atoms with Crippen LogP contribution in [0, 0.1) is 11.7 Å². The third-order valence-corrected chi connectivity index (χ3v) is 5.56. The molecule has 4 rings (SSSR count). The first-order valence-corrected chi connectivity index (χ1v) is 10.4. The van der Waals surface area contributed by atoms with Gasteiger partial charge in [0.05, 0.1) is 30.2 Å². The lowest BCUT2D eigenvalue weighted by molar-refractivity contribution is 0.238. The number of aromatic nitrogens is 2. The summed E-state index contributed by atoms with van der Waals surface area (Å²) in [5, 5.41) is 13.3. The molecule has 0 aliphatic carbocycles. The number of aliphatic hydroxyl groups is 1. The number of pyridine rings is 2. The van der Waals surface area contributed by atoms with Crippen molar-refractivity contribution in [3.05, 3.63) is 42.3 Å². The number of hydrogen-bond donors (Lipinski definition) is 2. The fraction of sp³-hybridized carbons (Fsp3) is 0.391. The largest absolute Gasteiger partial charge is 0.494 e. The van der Waals surface area contributed by atoms with Gasteiger partial charge in [0.2, 0.25) is 0 Å². The Morgan fingerprint density at radius 1 is 1.26 bits per heavy atom. The van der Waals surface area contributed by atoms with Crippen molar-refractivity contribution >= 4 is 16.6 Å². The van der Waals surface area contributed by atoms with Gasteiger partial charge in [0, 0.05) is 49.3 Å². The average Bonchev–Trinajstić information content (AvgIpc) is 3.28. The lowest BCUT2D eigenvalue weighted by Crippen LogP contribution is -2.21. The predicted molar refractivity (Wildman–Crippen MR) is 118 cm³/mol. The van der Waals surface area contributed by atoms with Gasteiger partial charge in [0.25, 0.3) is 0 Å². The van der Waals surface area contributed by atoms with Crippen LogP contribution in [0.3, 0.4) is 0 Å². The van der Waals surface area contributed by atoms with Crippen molar-refractivity contribution in [2.24, 2.45) is 5.92 Å². The topological polar surface area (TPSA) is 79.7 Å². The fourth-order valence-corrected chi connectivity index (χ4v) is 3.85. The molecule has 3 heterocycles. The van der Waals surface area contributed by atoms with Crippen LogP contribution in [0.2, 0.25) is 0 Å². The van der Waals surface area contributed by atoms with Crippen molar-refractivity contribution in [1.82, 2.24) is 15.3 Å². The summed E-state index contributed by atoms with van der Waals surface area (Å²) in [5.41, 5.74) is 2.90. The van der Waals surface area contributed by atoms with Crippen LogP contribution in [0.25, 0.3) is 22.3 Å². The van der Waals surface area contributed by atoms with Crippen LogP contribution in [0.4, 0.5) is 10.1 Å². The number of hydrogen-bond acceptors (Lipinski definition) is 7. The normalized spacial score (nSPS) is 16.1. The molecule has 1 aliphatic heterocycles. The minimum atomic E-state index is -0.426. The minimum Gasteiger partial charge on any atom is -0.494 e. The van der Waals surface area contributed by atoms with E-state index in [4.69, 9.17) is 14.5 Å². The van der Waals surface area contributed by atoms with Crippen molar-refractivity contribution in [1.29, 1.82) is 0 Å². The fourth-order valence-electron chi connectivity index (χ4n) is 3.85. The molecular formula is C23H27FN4O3. The Labute approximate surface area is 180 Å². The Bertz CT molecular complexity index is 1050. The van der Waals surface area contributed by atoms with Crippen LogP contribution in [0.15, 0.2) is 36.5 Å². The highest BCUT2D eigenvalue weighted by molar-refractivity contribution is 5.95. The monoisotopic (exact) mass is 426 g/mol. The molecule has 164 valence electrons. The molecule has 3 aromatic rings. The van der Waals surface area contributed by atoms with Crippen molar-refractivity contribution in [2.75, 3.05) is 51.9 Å². The van der Waals surface area contributed by atoms with E-state index in [1.807, 2.05) is 25.2 Å². The Hall–Kier alpha value is -2.97.